The second-order valence-electron chi connectivity index (χ2n) is 15.5. The zero-order valence-corrected chi connectivity index (χ0v) is 32.7. The monoisotopic (exact) mass is 805 g/mol. The molecule has 4 saturated carbocycles. The predicted octanol–water partition coefficient (Wildman–Crippen LogP) is 5.19. The molecule has 3 N–H and O–H groups in total. The molecule has 4 aliphatic carbocycles. The van der Waals surface area contributed by atoms with Gasteiger partial charge in [0.05, 0.1) is 33.7 Å². The molecule has 5 aliphatic rings. The molecular weight excluding hydrogens is 759 g/mol. The average molecular weight is 806 g/mol. The van der Waals surface area contributed by atoms with E-state index in [1.54, 1.807) is 0 Å². The zero-order valence-electron chi connectivity index (χ0n) is 31.1. The molecule has 2 aromatic heterocycles. The minimum Gasteiger partial charge on any atom is -0.471 e. The topological polar surface area (TPSA) is 189 Å². The second kappa shape index (κ2) is 15.6. The molecule has 3 aromatic rings. The molecule has 0 spiro atoms. The van der Waals surface area contributed by atoms with E-state index in [1.165, 1.54) is 27.3 Å². The van der Waals surface area contributed by atoms with Crippen LogP contribution in [0.1, 0.15) is 83.5 Å². The van der Waals surface area contributed by atoms with Gasteiger partial charge in [0.25, 0.3) is 5.91 Å². The summed E-state index contributed by atoms with van der Waals surface area (Å²) >= 11 is 1.47. The van der Waals surface area contributed by atoms with Gasteiger partial charge in [-0.05, 0) is 81.4 Å². The molecule has 3 heterocycles. The van der Waals surface area contributed by atoms with E-state index in [2.05, 4.69) is 22.0 Å². The van der Waals surface area contributed by atoms with Gasteiger partial charge in [-0.3, -0.25) is 14.3 Å². The van der Waals surface area contributed by atoms with E-state index in [4.69, 9.17) is 19.4 Å². The van der Waals surface area contributed by atoms with Crippen molar-refractivity contribution in [2.75, 3.05) is 6.54 Å². The van der Waals surface area contributed by atoms with Crippen LogP contribution < -0.4 is 20.2 Å². The normalized spacial score (nSPS) is 25.4. The molecule has 8 rings (SSSR count). The minimum atomic E-state index is -3.91. The summed E-state index contributed by atoms with van der Waals surface area (Å²) in [4.78, 5) is 68.1. The number of carbonyl (C=O) groups is 4. The number of ether oxygens (including phenoxy) is 2. The summed E-state index contributed by atoms with van der Waals surface area (Å²) in [5.74, 6) is -1.78. The Labute approximate surface area is 329 Å². The Morgan fingerprint density at radius 2 is 1.64 bits per heavy atom. The van der Waals surface area contributed by atoms with Crippen LogP contribution in [0.4, 0.5) is 9.59 Å². The first-order valence-electron chi connectivity index (χ1n) is 19.6. The van der Waals surface area contributed by atoms with Gasteiger partial charge >= 0.3 is 12.1 Å². The number of rotatable bonds is 11. The Kier molecular flexibility index (Phi) is 10.6. The van der Waals surface area contributed by atoms with Crippen LogP contribution in [0.5, 0.6) is 5.88 Å². The number of nitrogens with one attached hydrogen (secondary N) is 3. The molecule has 15 nitrogen and oxygen atoms in total. The maximum Gasteiger partial charge on any atom is 0.426 e. The average Bonchev–Trinajstić information content (AvgIpc) is 3.95. The van der Waals surface area contributed by atoms with Gasteiger partial charge in [0.2, 0.25) is 21.8 Å². The predicted molar refractivity (Wildman–Crippen MR) is 208 cm³/mol. The van der Waals surface area contributed by atoms with Crippen molar-refractivity contribution in [3.05, 3.63) is 54.4 Å². The molecule has 0 bridgehead atoms. The number of aromatic nitrogens is 2. The van der Waals surface area contributed by atoms with E-state index < -0.39 is 62.8 Å². The van der Waals surface area contributed by atoms with Crippen LogP contribution in [0.15, 0.2) is 54.4 Å². The molecular formula is C39H47N7O8S2. The smallest absolute Gasteiger partial charge is 0.426 e. The number of thiophene rings is 1. The maximum atomic E-state index is 14.8. The highest BCUT2D eigenvalue weighted by molar-refractivity contribution is 7.91. The quantitative estimate of drug-likeness (QED) is 0.172. The second-order valence-corrected chi connectivity index (χ2v) is 18.4. The van der Waals surface area contributed by atoms with Crippen LogP contribution >= 0.6 is 11.3 Å². The molecule has 1 aliphatic heterocycles. The number of urea groups is 1. The van der Waals surface area contributed by atoms with Crippen molar-refractivity contribution < 1.29 is 37.1 Å². The largest absolute Gasteiger partial charge is 0.471 e. The zero-order chi connectivity index (χ0) is 39.0. The summed E-state index contributed by atoms with van der Waals surface area (Å²) in [5.41, 5.74) is 2.98. The fourth-order valence-corrected chi connectivity index (χ4v) is 10.3. The Hall–Kier alpha value is -4.77. The molecule has 1 saturated heterocycles. The number of benzene rings is 1. The van der Waals surface area contributed by atoms with E-state index >= 15 is 0 Å². The summed E-state index contributed by atoms with van der Waals surface area (Å²) in [7, 11) is -3.91. The van der Waals surface area contributed by atoms with Crippen LogP contribution in [0.3, 0.4) is 0 Å². The van der Waals surface area contributed by atoms with Crippen molar-refractivity contribution in [3.63, 3.8) is 0 Å². The first-order valence-corrected chi connectivity index (χ1v) is 22.0. The number of hydrogen-bond donors (Lipinski definition) is 3. The van der Waals surface area contributed by atoms with E-state index in [0.717, 1.165) is 49.8 Å². The van der Waals surface area contributed by atoms with Gasteiger partial charge in [-0.2, -0.15) is 0 Å². The number of sulfonamides is 1. The third kappa shape index (κ3) is 7.92. The maximum absolute atomic E-state index is 14.8. The third-order valence-corrected chi connectivity index (χ3v) is 14.3. The van der Waals surface area contributed by atoms with Gasteiger partial charge in [-0.25, -0.2) is 38.4 Å². The van der Waals surface area contributed by atoms with Gasteiger partial charge in [0.15, 0.2) is 0 Å². The van der Waals surface area contributed by atoms with E-state index in [-0.39, 0.29) is 37.4 Å². The van der Waals surface area contributed by atoms with Gasteiger partial charge in [-0.1, -0.05) is 43.5 Å². The molecule has 1 aromatic carbocycles. The highest BCUT2D eigenvalue weighted by atomic mass is 32.2. The fourth-order valence-electron chi connectivity index (χ4n) is 8.21. The van der Waals surface area contributed by atoms with Crippen LogP contribution in [-0.2, 0) is 24.3 Å². The van der Waals surface area contributed by atoms with Crippen molar-refractivity contribution in [2.45, 2.75) is 119 Å². The lowest BCUT2D eigenvalue weighted by Crippen LogP contribution is -2.61. The highest BCUT2D eigenvalue weighted by Gasteiger charge is 2.62. The SMILES string of the molecule is C=C[C@@H]1CC1(NC(=O)[C@@H]1CC(Oc2nc3ccccc3nc2-c2cccs2)CN1C(=O)N(NC(=O)OC1CCCC1)C1CCCCC1)C(=O)NS(=O)(=O)C1CC1. The van der Waals surface area contributed by atoms with Crippen molar-refractivity contribution in [1.29, 1.82) is 0 Å². The lowest BCUT2D eigenvalue weighted by atomic mass is 9.95. The number of likely N-dealkylation sites (tertiary alicyclic amines) is 1. The molecule has 0 radical (unpaired) electrons. The molecule has 17 heteroatoms. The summed E-state index contributed by atoms with van der Waals surface area (Å²) in [6.45, 7) is 3.75. The van der Waals surface area contributed by atoms with Gasteiger partial charge in [0, 0.05) is 12.3 Å². The van der Waals surface area contributed by atoms with Gasteiger partial charge < -0.3 is 19.7 Å². The number of amides is 5. The molecule has 5 amide bonds. The standard InChI is InChI=1S/C39H47N7O8S2/c1-2-24-22-39(24,36(48)44-56(51,52)28-18-19-28)42-34(47)31-21-27(53-35-33(32-17-10-20-55-32)40-29-15-8-9-16-30(29)41-35)23-45(31)38(50)46(25-11-4-3-5-12-25)43-37(49)54-26-13-6-7-14-26/h2,8-10,15-17,20,24-28,31H,1,3-7,11-14,18-19,21-23H2,(H,42,47)(H,43,49)(H,44,48)/t24-,27?,31+,39?/m1/s1. The van der Waals surface area contributed by atoms with Gasteiger partial charge in [-0.15, -0.1) is 17.9 Å². The number of hydrogen-bond acceptors (Lipinski definition) is 11. The van der Waals surface area contributed by atoms with Crippen LogP contribution in [0.2, 0.25) is 0 Å². The van der Waals surface area contributed by atoms with E-state index in [1.807, 2.05) is 41.8 Å². The van der Waals surface area contributed by atoms with Crippen molar-refractivity contribution in [3.8, 4) is 16.5 Å². The first kappa shape index (κ1) is 38.1. The first-order chi connectivity index (χ1) is 27.0. The molecule has 5 fully saturated rings. The Morgan fingerprint density at radius 1 is 0.929 bits per heavy atom. The Morgan fingerprint density at radius 3 is 2.30 bits per heavy atom. The molecule has 56 heavy (non-hydrogen) atoms. The fraction of sp³-hybridized carbons (Fsp3) is 0.538. The Bertz CT molecular complexity index is 2100. The van der Waals surface area contributed by atoms with E-state index in [9.17, 15) is 27.6 Å². The number of carbonyl (C=O) groups excluding carboxylic acids is 4. The van der Waals surface area contributed by atoms with Crippen LogP contribution in [0, 0.1) is 5.92 Å². The minimum absolute atomic E-state index is 0.0117. The highest BCUT2D eigenvalue weighted by Crippen LogP contribution is 2.46. The molecule has 298 valence electrons. The van der Waals surface area contributed by atoms with Crippen molar-refractivity contribution in [1.82, 2.24) is 35.3 Å². The summed E-state index contributed by atoms with van der Waals surface area (Å²) in [6, 6.07) is 9.11. The number of nitrogens with zero attached hydrogens (tertiary/aromatic N) is 4. The number of hydrazine groups is 1. The molecule has 2 unspecified atom stereocenters. The Balaban J connectivity index is 1.10. The number of para-hydroxylation sites is 2. The molecule has 4 atom stereocenters. The van der Waals surface area contributed by atoms with Gasteiger partial charge in [0.1, 0.15) is 29.5 Å². The summed E-state index contributed by atoms with van der Waals surface area (Å²) in [5, 5.41) is 5.42. The number of fused-ring (bicyclic) bond motifs is 1. The van der Waals surface area contributed by atoms with Crippen molar-refractivity contribution in [2.24, 2.45) is 5.92 Å². The summed E-state index contributed by atoms with van der Waals surface area (Å²) in [6.07, 6.45) is 8.34. The lowest BCUT2D eigenvalue weighted by Gasteiger charge is -2.37. The van der Waals surface area contributed by atoms with E-state index in [0.29, 0.717) is 42.4 Å². The van der Waals surface area contributed by atoms with Crippen LogP contribution in [0.25, 0.3) is 21.6 Å². The van der Waals surface area contributed by atoms with Crippen LogP contribution in [-0.4, -0.2) is 93.9 Å². The van der Waals surface area contributed by atoms with Crippen molar-refractivity contribution >= 4 is 56.3 Å². The lowest BCUT2D eigenvalue weighted by molar-refractivity contribution is -0.131. The summed E-state index contributed by atoms with van der Waals surface area (Å²) < 4.78 is 40.1. The third-order valence-electron chi connectivity index (χ3n) is 11.6.